The van der Waals surface area contributed by atoms with Gasteiger partial charge < -0.3 is 9.73 Å². The predicted octanol–water partition coefficient (Wildman–Crippen LogP) is 5.10. The Morgan fingerprint density at radius 2 is 1.77 bits per heavy atom. The highest BCUT2D eigenvalue weighted by Crippen LogP contribution is 2.30. The highest BCUT2D eigenvalue weighted by Gasteiger charge is 2.26. The van der Waals surface area contributed by atoms with Crippen LogP contribution in [0.1, 0.15) is 45.9 Å². The van der Waals surface area contributed by atoms with Crippen molar-refractivity contribution in [1.29, 1.82) is 0 Å². The van der Waals surface area contributed by atoms with Crippen molar-refractivity contribution in [2.24, 2.45) is 0 Å². The SMILES string of the molecule is Cc1nn2cccnc2c1C(=O)NC(C)c1oc2cccc(C#Cc3ccncc3)c2c(=O)c1-c1ccccc1. The van der Waals surface area contributed by atoms with Gasteiger partial charge in [0.1, 0.15) is 16.9 Å². The van der Waals surface area contributed by atoms with E-state index in [0.717, 1.165) is 5.56 Å². The number of carbonyl (C=O) groups is 1. The van der Waals surface area contributed by atoms with E-state index < -0.39 is 6.04 Å². The number of nitrogens with zero attached hydrogens (tertiary/aromatic N) is 4. The predicted molar refractivity (Wildman–Crippen MR) is 152 cm³/mol. The van der Waals surface area contributed by atoms with Crippen LogP contribution >= 0.6 is 0 Å². The largest absolute Gasteiger partial charge is 0.458 e. The molecule has 8 heteroatoms. The summed E-state index contributed by atoms with van der Waals surface area (Å²) in [5, 5.41) is 7.77. The summed E-state index contributed by atoms with van der Waals surface area (Å²) in [5.74, 6) is 6.20. The van der Waals surface area contributed by atoms with E-state index in [1.807, 2.05) is 30.3 Å². The molecule has 8 nitrogen and oxygen atoms in total. The number of hydrogen-bond acceptors (Lipinski definition) is 6. The molecule has 0 spiro atoms. The van der Waals surface area contributed by atoms with Gasteiger partial charge in [-0.2, -0.15) is 5.10 Å². The fourth-order valence-corrected chi connectivity index (χ4v) is 4.72. The van der Waals surface area contributed by atoms with Crippen molar-refractivity contribution in [3.05, 3.63) is 130 Å². The van der Waals surface area contributed by atoms with Crippen molar-refractivity contribution >= 4 is 22.5 Å². The van der Waals surface area contributed by atoms with Gasteiger partial charge in [-0.25, -0.2) is 9.50 Å². The fourth-order valence-electron chi connectivity index (χ4n) is 4.72. The third-order valence-corrected chi connectivity index (χ3v) is 6.57. The van der Waals surface area contributed by atoms with Crippen molar-refractivity contribution in [3.8, 4) is 23.0 Å². The molecule has 1 N–H and O–H groups in total. The molecular weight excluding hydrogens is 502 g/mol. The first-order valence-electron chi connectivity index (χ1n) is 12.7. The molecule has 0 aliphatic carbocycles. The highest BCUT2D eigenvalue weighted by molar-refractivity contribution is 6.01. The Kier molecular flexibility index (Phi) is 6.38. The average Bonchev–Trinajstić information content (AvgIpc) is 3.32. The van der Waals surface area contributed by atoms with Crippen LogP contribution in [0.5, 0.6) is 0 Å². The van der Waals surface area contributed by atoms with Crippen LogP contribution in [0.15, 0.2) is 101 Å². The third kappa shape index (κ3) is 4.50. The lowest BCUT2D eigenvalue weighted by Gasteiger charge is -2.18. The molecule has 0 fully saturated rings. The Bertz CT molecular complexity index is 2000. The third-order valence-electron chi connectivity index (χ3n) is 6.57. The first-order chi connectivity index (χ1) is 19.5. The van der Waals surface area contributed by atoms with Crippen molar-refractivity contribution in [2.75, 3.05) is 0 Å². The highest BCUT2D eigenvalue weighted by atomic mass is 16.3. The fraction of sp³-hybridized carbons (Fsp3) is 0.0938. The minimum absolute atomic E-state index is 0.225. The summed E-state index contributed by atoms with van der Waals surface area (Å²) < 4.78 is 7.95. The zero-order valence-electron chi connectivity index (χ0n) is 21.8. The summed E-state index contributed by atoms with van der Waals surface area (Å²) in [4.78, 5) is 35.9. The first kappa shape index (κ1) is 24.8. The summed E-state index contributed by atoms with van der Waals surface area (Å²) in [6, 6.07) is 19.3. The molecule has 0 saturated carbocycles. The van der Waals surface area contributed by atoms with Gasteiger partial charge in [0.15, 0.2) is 5.65 Å². The van der Waals surface area contributed by atoms with Crippen molar-refractivity contribution in [2.45, 2.75) is 19.9 Å². The summed E-state index contributed by atoms with van der Waals surface area (Å²) in [6.45, 7) is 3.55. The Labute approximate surface area is 229 Å². The molecule has 6 rings (SSSR count). The van der Waals surface area contributed by atoms with Gasteiger partial charge in [-0.3, -0.25) is 14.6 Å². The average molecular weight is 526 g/mol. The van der Waals surface area contributed by atoms with E-state index in [0.29, 0.717) is 50.3 Å². The minimum atomic E-state index is -0.649. The van der Waals surface area contributed by atoms with Crippen molar-refractivity contribution in [3.63, 3.8) is 0 Å². The Balaban J connectivity index is 1.48. The molecular formula is C32H23N5O3. The topological polar surface area (TPSA) is 102 Å². The summed E-state index contributed by atoms with van der Waals surface area (Å²) in [7, 11) is 0. The van der Waals surface area contributed by atoms with Gasteiger partial charge >= 0.3 is 0 Å². The van der Waals surface area contributed by atoms with Crippen LogP contribution in [0.3, 0.4) is 0 Å². The first-order valence-corrected chi connectivity index (χ1v) is 12.7. The number of aromatic nitrogens is 4. The maximum Gasteiger partial charge on any atom is 0.257 e. The molecule has 4 heterocycles. The number of hydrogen-bond donors (Lipinski definition) is 1. The number of amides is 1. The quantitative estimate of drug-likeness (QED) is 0.322. The molecule has 0 saturated heterocycles. The molecule has 1 unspecified atom stereocenters. The lowest BCUT2D eigenvalue weighted by atomic mass is 9.97. The van der Waals surface area contributed by atoms with E-state index in [4.69, 9.17) is 4.42 Å². The minimum Gasteiger partial charge on any atom is -0.458 e. The van der Waals surface area contributed by atoms with Crippen molar-refractivity contribution in [1.82, 2.24) is 24.9 Å². The van der Waals surface area contributed by atoms with Crippen LogP contribution in [-0.2, 0) is 0 Å². The van der Waals surface area contributed by atoms with E-state index >= 15 is 0 Å². The van der Waals surface area contributed by atoms with Gasteiger partial charge in [0, 0.05) is 35.9 Å². The number of aryl methyl sites for hydroxylation is 1. The molecule has 40 heavy (non-hydrogen) atoms. The molecule has 0 radical (unpaired) electrons. The molecule has 2 aromatic carbocycles. The van der Waals surface area contributed by atoms with E-state index in [2.05, 4.69) is 32.2 Å². The van der Waals surface area contributed by atoms with Gasteiger partial charge in [-0.1, -0.05) is 48.2 Å². The van der Waals surface area contributed by atoms with Gasteiger partial charge in [0.2, 0.25) is 5.43 Å². The second-order valence-corrected chi connectivity index (χ2v) is 9.24. The smallest absolute Gasteiger partial charge is 0.257 e. The van der Waals surface area contributed by atoms with Crippen LogP contribution in [0.4, 0.5) is 0 Å². The van der Waals surface area contributed by atoms with Crippen LogP contribution < -0.4 is 10.7 Å². The molecule has 194 valence electrons. The van der Waals surface area contributed by atoms with E-state index in [9.17, 15) is 9.59 Å². The molecule has 1 atom stereocenters. The number of nitrogens with one attached hydrogen (secondary N) is 1. The van der Waals surface area contributed by atoms with Gasteiger partial charge in [0.25, 0.3) is 5.91 Å². The lowest BCUT2D eigenvalue weighted by Crippen LogP contribution is -2.28. The number of pyridine rings is 1. The van der Waals surface area contributed by atoms with Crippen LogP contribution in [-0.4, -0.2) is 25.5 Å². The summed E-state index contributed by atoms with van der Waals surface area (Å²) >= 11 is 0. The standard InChI is InChI=1S/C32H23N5O3/c1-20-26(31-34-16-7-19-37(31)36-20)32(39)35-21(2)30-28(23-8-4-3-5-9-23)29(38)27-24(10-6-11-25(27)40-30)13-12-22-14-17-33-18-15-22/h3-11,14-19,21H,1-2H3,(H,35,39). The van der Waals surface area contributed by atoms with E-state index in [-0.39, 0.29) is 11.3 Å². The van der Waals surface area contributed by atoms with Gasteiger partial charge in [-0.15, -0.1) is 0 Å². The van der Waals surface area contributed by atoms with Crippen molar-refractivity contribution < 1.29 is 9.21 Å². The number of benzene rings is 2. The van der Waals surface area contributed by atoms with Gasteiger partial charge in [-0.05, 0) is 49.7 Å². The zero-order chi connectivity index (χ0) is 27.6. The summed E-state index contributed by atoms with van der Waals surface area (Å²) in [5.41, 5.74) is 3.91. The maximum absolute atomic E-state index is 14.2. The van der Waals surface area contributed by atoms with Crippen LogP contribution in [0.25, 0.3) is 27.7 Å². The van der Waals surface area contributed by atoms with E-state index in [1.165, 1.54) is 0 Å². The van der Waals surface area contributed by atoms with E-state index in [1.54, 1.807) is 79.5 Å². The lowest BCUT2D eigenvalue weighted by molar-refractivity contribution is 0.0936. The number of carbonyl (C=O) groups excluding carboxylic acids is 1. The molecule has 0 aliphatic heterocycles. The maximum atomic E-state index is 14.2. The summed E-state index contributed by atoms with van der Waals surface area (Å²) in [6.07, 6.45) is 6.69. The monoisotopic (exact) mass is 525 g/mol. The van der Waals surface area contributed by atoms with Crippen LogP contribution in [0, 0.1) is 18.8 Å². The molecule has 1 amide bonds. The molecule has 6 aromatic rings. The second kappa shape index (κ2) is 10.3. The zero-order valence-corrected chi connectivity index (χ0v) is 21.8. The van der Waals surface area contributed by atoms with Crippen LogP contribution in [0.2, 0.25) is 0 Å². The van der Waals surface area contributed by atoms with Gasteiger partial charge in [0.05, 0.1) is 22.7 Å². The Morgan fingerprint density at radius 3 is 2.58 bits per heavy atom. The normalized spacial score (nSPS) is 11.7. The molecule has 0 bridgehead atoms. The Hall–Kier alpha value is -5.55. The number of rotatable bonds is 4. The molecule has 4 aromatic heterocycles. The Morgan fingerprint density at radius 1 is 0.975 bits per heavy atom. The number of fused-ring (bicyclic) bond motifs is 2. The molecule has 0 aliphatic rings. The second-order valence-electron chi connectivity index (χ2n) is 9.24.